The standard InChI is InChI=1S/C24H35N5O2/c1-19-6-4-9-23(27-19)29-14-11-20(12-15-29)28-24(25-13-10-21-8-5-17-30-21)26-18-22-7-2-3-16-31-22/h4-6,8-9,17,20,22H,2-3,7,10-16,18H2,1H3,(H2,25,26,28). The van der Waals surface area contributed by atoms with Crippen LogP contribution in [0.4, 0.5) is 5.82 Å². The molecule has 2 fully saturated rings. The molecule has 4 heterocycles. The number of hydrogen-bond acceptors (Lipinski definition) is 5. The Bertz CT molecular complexity index is 809. The maximum Gasteiger partial charge on any atom is 0.191 e. The van der Waals surface area contributed by atoms with E-state index in [2.05, 4.69) is 32.7 Å². The highest BCUT2D eigenvalue weighted by Crippen LogP contribution is 2.18. The van der Waals surface area contributed by atoms with Crippen molar-refractivity contribution in [2.45, 2.75) is 57.6 Å². The topological polar surface area (TPSA) is 74.9 Å². The first kappa shape index (κ1) is 21.7. The number of nitrogens with zero attached hydrogens (tertiary/aromatic N) is 3. The lowest BCUT2D eigenvalue weighted by Gasteiger charge is -2.34. The molecule has 0 amide bonds. The Morgan fingerprint density at radius 3 is 2.81 bits per heavy atom. The van der Waals surface area contributed by atoms with Crippen LogP contribution in [0, 0.1) is 6.92 Å². The summed E-state index contributed by atoms with van der Waals surface area (Å²) < 4.78 is 11.3. The Morgan fingerprint density at radius 2 is 2.06 bits per heavy atom. The van der Waals surface area contributed by atoms with Crippen molar-refractivity contribution in [2.75, 3.05) is 37.7 Å². The second-order valence-electron chi connectivity index (χ2n) is 8.48. The highest BCUT2D eigenvalue weighted by atomic mass is 16.5. The first-order chi connectivity index (χ1) is 15.3. The quantitative estimate of drug-likeness (QED) is 0.524. The molecule has 31 heavy (non-hydrogen) atoms. The summed E-state index contributed by atoms with van der Waals surface area (Å²) in [5.41, 5.74) is 1.07. The predicted molar refractivity (Wildman–Crippen MR) is 124 cm³/mol. The summed E-state index contributed by atoms with van der Waals surface area (Å²) in [6.45, 7) is 6.41. The van der Waals surface area contributed by atoms with E-state index >= 15 is 0 Å². The predicted octanol–water partition coefficient (Wildman–Crippen LogP) is 3.30. The number of rotatable bonds is 7. The van der Waals surface area contributed by atoms with E-state index in [1.165, 1.54) is 12.8 Å². The van der Waals surface area contributed by atoms with Gasteiger partial charge >= 0.3 is 0 Å². The van der Waals surface area contributed by atoms with Gasteiger partial charge in [-0.1, -0.05) is 6.07 Å². The summed E-state index contributed by atoms with van der Waals surface area (Å²) >= 11 is 0. The largest absolute Gasteiger partial charge is 0.469 e. The minimum absolute atomic E-state index is 0.242. The fourth-order valence-electron chi connectivity index (χ4n) is 4.21. The number of furan rings is 1. The van der Waals surface area contributed by atoms with Gasteiger partial charge in [0.05, 0.1) is 18.9 Å². The first-order valence-electron chi connectivity index (χ1n) is 11.6. The zero-order chi connectivity index (χ0) is 21.3. The lowest BCUT2D eigenvalue weighted by atomic mass is 10.1. The van der Waals surface area contributed by atoms with Crippen molar-refractivity contribution >= 4 is 11.8 Å². The summed E-state index contributed by atoms with van der Waals surface area (Å²) in [4.78, 5) is 11.9. The van der Waals surface area contributed by atoms with Gasteiger partial charge in [0.15, 0.2) is 5.96 Å². The normalized spacial score (nSPS) is 20.6. The van der Waals surface area contributed by atoms with Gasteiger partial charge in [-0.05, 0) is 63.3 Å². The first-order valence-corrected chi connectivity index (χ1v) is 11.6. The fourth-order valence-corrected chi connectivity index (χ4v) is 4.21. The number of anilines is 1. The van der Waals surface area contributed by atoms with Gasteiger partial charge < -0.3 is 24.7 Å². The number of guanidine groups is 1. The number of aliphatic imine (C=N–C) groups is 1. The van der Waals surface area contributed by atoms with Gasteiger partial charge in [0.2, 0.25) is 0 Å². The van der Waals surface area contributed by atoms with Crippen LogP contribution in [0.2, 0.25) is 0 Å². The highest BCUT2D eigenvalue weighted by Gasteiger charge is 2.21. The molecule has 4 rings (SSSR count). The number of aromatic nitrogens is 1. The highest BCUT2D eigenvalue weighted by molar-refractivity contribution is 5.80. The Balaban J connectivity index is 1.30. The smallest absolute Gasteiger partial charge is 0.191 e. The molecule has 0 spiro atoms. The molecule has 2 N–H and O–H groups in total. The van der Waals surface area contributed by atoms with Gasteiger partial charge in [-0.2, -0.15) is 0 Å². The van der Waals surface area contributed by atoms with Gasteiger partial charge in [-0.25, -0.2) is 4.98 Å². The van der Waals surface area contributed by atoms with Gasteiger partial charge in [-0.3, -0.25) is 4.99 Å². The molecule has 0 radical (unpaired) electrons. The van der Waals surface area contributed by atoms with Crippen LogP contribution in [0.3, 0.4) is 0 Å². The molecule has 0 saturated carbocycles. The fraction of sp³-hybridized carbons (Fsp3) is 0.583. The maximum absolute atomic E-state index is 5.86. The molecule has 2 aliphatic rings. The molecule has 1 unspecified atom stereocenters. The Labute approximate surface area is 185 Å². The van der Waals surface area contributed by atoms with E-state index in [0.717, 1.165) is 75.2 Å². The van der Waals surface area contributed by atoms with Crippen molar-refractivity contribution in [1.82, 2.24) is 15.6 Å². The average Bonchev–Trinajstić information content (AvgIpc) is 3.32. The number of hydrogen-bond donors (Lipinski definition) is 2. The van der Waals surface area contributed by atoms with Crippen molar-refractivity contribution in [3.63, 3.8) is 0 Å². The van der Waals surface area contributed by atoms with Crippen LogP contribution in [0.15, 0.2) is 46.0 Å². The van der Waals surface area contributed by atoms with Crippen LogP contribution in [0.25, 0.3) is 0 Å². The summed E-state index contributed by atoms with van der Waals surface area (Å²) in [5, 5.41) is 7.16. The van der Waals surface area contributed by atoms with E-state index in [9.17, 15) is 0 Å². The SMILES string of the molecule is Cc1cccc(N2CCC(NC(=NCC3CCCCO3)NCCc3ccco3)CC2)n1. The maximum atomic E-state index is 5.86. The number of aryl methyl sites for hydroxylation is 1. The molecular weight excluding hydrogens is 390 g/mol. The second-order valence-corrected chi connectivity index (χ2v) is 8.48. The van der Waals surface area contributed by atoms with E-state index in [4.69, 9.17) is 14.1 Å². The van der Waals surface area contributed by atoms with Crippen molar-refractivity contribution < 1.29 is 9.15 Å². The number of nitrogens with one attached hydrogen (secondary N) is 2. The van der Waals surface area contributed by atoms with Crippen LogP contribution >= 0.6 is 0 Å². The van der Waals surface area contributed by atoms with Gasteiger partial charge in [-0.15, -0.1) is 0 Å². The zero-order valence-electron chi connectivity index (χ0n) is 18.6. The van der Waals surface area contributed by atoms with E-state index < -0.39 is 0 Å². The number of piperidine rings is 1. The minimum atomic E-state index is 0.242. The van der Waals surface area contributed by atoms with E-state index in [0.29, 0.717) is 12.6 Å². The molecule has 2 saturated heterocycles. The third kappa shape index (κ3) is 6.72. The van der Waals surface area contributed by atoms with Crippen LogP contribution in [-0.4, -0.2) is 55.9 Å². The molecule has 168 valence electrons. The zero-order valence-corrected chi connectivity index (χ0v) is 18.6. The average molecular weight is 426 g/mol. The summed E-state index contributed by atoms with van der Waals surface area (Å²) in [7, 11) is 0. The van der Waals surface area contributed by atoms with Gasteiger partial charge in [0, 0.05) is 44.4 Å². The molecule has 7 nitrogen and oxygen atoms in total. The third-order valence-corrected chi connectivity index (χ3v) is 6.00. The van der Waals surface area contributed by atoms with Crippen molar-refractivity contribution in [1.29, 1.82) is 0 Å². The molecule has 2 aliphatic heterocycles. The summed E-state index contributed by atoms with van der Waals surface area (Å²) in [6, 6.07) is 10.6. The summed E-state index contributed by atoms with van der Waals surface area (Å²) in [6.07, 6.45) is 8.44. The van der Waals surface area contributed by atoms with Crippen LogP contribution in [-0.2, 0) is 11.2 Å². The number of pyridine rings is 1. The Hall–Kier alpha value is -2.54. The molecule has 2 aromatic rings. The lowest BCUT2D eigenvalue weighted by Crippen LogP contribution is -2.49. The molecule has 7 heteroatoms. The molecule has 1 atom stereocenters. The summed E-state index contributed by atoms with van der Waals surface area (Å²) in [5.74, 6) is 2.95. The second kappa shape index (κ2) is 11.2. The van der Waals surface area contributed by atoms with E-state index in [1.54, 1.807) is 6.26 Å². The van der Waals surface area contributed by atoms with Crippen LogP contribution < -0.4 is 15.5 Å². The third-order valence-electron chi connectivity index (χ3n) is 6.00. The monoisotopic (exact) mass is 425 g/mol. The Kier molecular flexibility index (Phi) is 7.82. The van der Waals surface area contributed by atoms with Crippen molar-refractivity contribution in [2.24, 2.45) is 4.99 Å². The van der Waals surface area contributed by atoms with E-state index in [1.807, 2.05) is 25.1 Å². The molecule has 0 aliphatic carbocycles. The molecule has 2 aromatic heterocycles. The molecular formula is C24H35N5O2. The van der Waals surface area contributed by atoms with Crippen molar-refractivity contribution in [3.05, 3.63) is 48.0 Å². The Morgan fingerprint density at radius 1 is 1.16 bits per heavy atom. The van der Waals surface area contributed by atoms with Crippen molar-refractivity contribution in [3.8, 4) is 0 Å². The molecule has 0 bridgehead atoms. The van der Waals surface area contributed by atoms with Gasteiger partial charge in [0.1, 0.15) is 11.6 Å². The number of ether oxygens (including phenoxy) is 1. The minimum Gasteiger partial charge on any atom is -0.469 e. The van der Waals surface area contributed by atoms with Crippen LogP contribution in [0.5, 0.6) is 0 Å². The van der Waals surface area contributed by atoms with Crippen LogP contribution in [0.1, 0.15) is 43.6 Å². The lowest BCUT2D eigenvalue weighted by molar-refractivity contribution is 0.0224. The molecule has 0 aromatic carbocycles. The van der Waals surface area contributed by atoms with E-state index in [-0.39, 0.29) is 6.10 Å². The van der Waals surface area contributed by atoms with Gasteiger partial charge in [0.25, 0.3) is 0 Å².